The van der Waals surface area contributed by atoms with Crippen LogP contribution < -0.4 is 4.74 Å². The third-order valence-corrected chi connectivity index (χ3v) is 3.73. The molecule has 0 amide bonds. The molecule has 0 aromatic heterocycles. The van der Waals surface area contributed by atoms with Crippen molar-refractivity contribution < 1.29 is 9.53 Å². The molecule has 2 nitrogen and oxygen atoms in total. The number of rotatable bonds is 4. The van der Waals surface area contributed by atoms with Crippen molar-refractivity contribution >= 4 is 5.97 Å². The van der Waals surface area contributed by atoms with E-state index in [1.165, 1.54) is 0 Å². The van der Waals surface area contributed by atoms with Gasteiger partial charge in [-0.05, 0) is 18.1 Å². The second-order valence-corrected chi connectivity index (χ2v) is 5.58. The lowest BCUT2D eigenvalue weighted by Crippen LogP contribution is -2.10. The molecule has 0 unspecified atom stereocenters. The maximum Gasteiger partial charge on any atom is 0.338 e. The molecule has 118 valence electrons. The van der Waals surface area contributed by atoms with Gasteiger partial charge in [-0.25, -0.2) is 4.79 Å². The summed E-state index contributed by atoms with van der Waals surface area (Å²) >= 11 is 0. The fourth-order valence-corrected chi connectivity index (χ4v) is 2.52. The molecule has 24 heavy (non-hydrogen) atoms. The molecule has 0 N–H and O–H groups in total. The predicted octanol–water partition coefficient (Wildman–Crippen LogP) is 5.50. The van der Waals surface area contributed by atoms with Crippen LogP contribution in [0.1, 0.15) is 6.92 Å². The van der Waals surface area contributed by atoms with E-state index in [-0.39, 0.29) is 0 Å². The van der Waals surface area contributed by atoms with Crippen LogP contribution >= 0.6 is 0 Å². The Bertz CT molecular complexity index is 807. The number of esters is 1. The lowest BCUT2D eigenvalue weighted by Gasteiger charge is -2.15. The minimum Gasteiger partial charge on any atom is -0.422 e. The van der Waals surface area contributed by atoms with Gasteiger partial charge in [-0.3, -0.25) is 0 Å². The Balaban J connectivity index is 2.19. The molecule has 0 fully saturated rings. The first-order chi connectivity index (χ1) is 11.7. The first-order valence-corrected chi connectivity index (χ1v) is 7.78. The lowest BCUT2D eigenvalue weighted by molar-refractivity contribution is -0.130. The summed E-state index contributed by atoms with van der Waals surface area (Å²) in [5.41, 5.74) is 4.13. The molecule has 0 atom stereocenters. The zero-order valence-electron chi connectivity index (χ0n) is 13.5. The average molecular weight is 314 g/mol. The van der Waals surface area contributed by atoms with Crippen molar-refractivity contribution in [3.63, 3.8) is 0 Å². The van der Waals surface area contributed by atoms with E-state index in [1.807, 2.05) is 78.9 Å². The predicted molar refractivity (Wildman–Crippen MR) is 97.8 cm³/mol. The number of hydrogen-bond donors (Lipinski definition) is 0. The molecule has 0 aliphatic heterocycles. The van der Waals surface area contributed by atoms with Crippen LogP contribution in [0.3, 0.4) is 0 Å². The number of ether oxygens (including phenoxy) is 1. The largest absolute Gasteiger partial charge is 0.422 e. The SMILES string of the molecule is C=C(C)C(=O)Oc1c(-c2ccccc2)cccc1-c1ccccc1. The van der Waals surface area contributed by atoms with Crippen molar-refractivity contribution in [2.75, 3.05) is 0 Å². The molecule has 0 saturated heterocycles. The summed E-state index contributed by atoms with van der Waals surface area (Å²) in [7, 11) is 0. The van der Waals surface area contributed by atoms with E-state index in [0.717, 1.165) is 22.3 Å². The Labute approximate surface area is 142 Å². The molecule has 3 rings (SSSR count). The Morgan fingerprint density at radius 3 is 1.62 bits per heavy atom. The van der Waals surface area contributed by atoms with Crippen LogP contribution in [0.25, 0.3) is 22.3 Å². The van der Waals surface area contributed by atoms with Gasteiger partial charge in [0, 0.05) is 16.7 Å². The molecule has 0 aliphatic carbocycles. The van der Waals surface area contributed by atoms with Crippen molar-refractivity contribution in [3.8, 4) is 28.0 Å². The maximum atomic E-state index is 12.2. The van der Waals surface area contributed by atoms with Gasteiger partial charge in [0.15, 0.2) is 0 Å². The quantitative estimate of drug-likeness (QED) is 0.361. The Morgan fingerprint density at radius 1 is 0.750 bits per heavy atom. The smallest absolute Gasteiger partial charge is 0.338 e. The van der Waals surface area contributed by atoms with E-state index in [9.17, 15) is 4.79 Å². The van der Waals surface area contributed by atoms with Crippen molar-refractivity contribution in [2.24, 2.45) is 0 Å². The number of para-hydroxylation sites is 1. The summed E-state index contributed by atoms with van der Waals surface area (Å²) < 4.78 is 5.71. The molecule has 0 radical (unpaired) electrons. The molecule has 2 heteroatoms. The van der Waals surface area contributed by atoms with Gasteiger partial charge in [-0.1, -0.05) is 85.4 Å². The highest BCUT2D eigenvalue weighted by molar-refractivity contribution is 5.93. The van der Waals surface area contributed by atoms with E-state index >= 15 is 0 Å². The van der Waals surface area contributed by atoms with E-state index in [0.29, 0.717) is 11.3 Å². The molecular formula is C22H18O2. The lowest BCUT2D eigenvalue weighted by atomic mass is 9.97. The van der Waals surface area contributed by atoms with Crippen molar-refractivity contribution in [3.05, 3.63) is 91.0 Å². The molecule has 0 saturated carbocycles. The van der Waals surface area contributed by atoms with Crippen molar-refractivity contribution in [2.45, 2.75) is 6.92 Å². The minimum absolute atomic E-state index is 0.372. The van der Waals surface area contributed by atoms with Crippen LogP contribution in [-0.2, 0) is 4.79 Å². The highest BCUT2D eigenvalue weighted by Crippen LogP contribution is 2.39. The minimum atomic E-state index is -0.421. The Kier molecular flexibility index (Phi) is 4.57. The van der Waals surface area contributed by atoms with Gasteiger partial charge in [0.05, 0.1) is 0 Å². The third kappa shape index (κ3) is 3.28. The number of carbonyl (C=O) groups excluding carboxylic acids is 1. The highest BCUT2D eigenvalue weighted by atomic mass is 16.5. The van der Waals surface area contributed by atoms with Gasteiger partial charge in [0.1, 0.15) is 5.75 Å². The van der Waals surface area contributed by atoms with Gasteiger partial charge in [-0.15, -0.1) is 0 Å². The number of carbonyl (C=O) groups is 1. The molecule has 0 spiro atoms. The molecule has 3 aromatic rings. The average Bonchev–Trinajstić information content (AvgIpc) is 2.63. The fourth-order valence-electron chi connectivity index (χ4n) is 2.52. The summed E-state index contributed by atoms with van der Waals surface area (Å²) in [6.45, 7) is 5.33. The molecule has 3 aromatic carbocycles. The Morgan fingerprint density at radius 2 is 1.21 bits per heavy atom. The fraction of sp³-hybridized carbons (Fsp3) is 0.0455. The molecule has 0 bridgehead atoms. The maximum absolute atomic E-state index is 12.2. The summed E-state index contributed by atoms with van der Waals surface area (Å²) in [6, 6.07) is 25.7. The van der Waals surface area contributed by atoms with Gasteiger partial charge in [-0.2, -0.15) is 0 Å². The van der Waals surface area contributed by atoms with Crippen molar-refractivity contribution in [1.29, 1.82) is 0 Å². The van der Waals surface area contributed by atoms with Crippen LogP contribution in [0.2, 0.25) is 0 Å². The van der Waals surface area contributed by atoms with Gasteiger partial charge < -0.3 is 4.74 Å². The highest BCUT2D eigenvalue weighted by Gasteiger charge is 2.16. The van der Waals surface area contributed by atoms with E-state index in [2.05, 4.69) is 6.58 Å². The summed E-state index contributed by atoms with van der Waals surface area (Å²) in [5, 5.41) is 0. The second kappa shape index (κ2) is 6.97. The molecule has 0 aliphatic rings. The van der Waals surface area contributed by atoms with Crippen LogP contribution in [0.5, 0.6) is 5.75 Å². The summed E-state index contributed by atoms with van der Waals surface area (Å²) in [5.74, 6) is 0.137. The van der Waals surface area contributed by atoms with Crippen LogP contribution in [0.15, 0.2) is 91.0 Å². The van der Waals surface area contributed by atoms with Gasteiger partial charge in [0.25, 0.3) is 0 Å². The van der Waals surface area contributed by atoms with E-state index < -0.39 is 5.97 Å². The standard InChI is InChI=1S/C22H18O2/c1-16(2)22(23)24-21-19(17-10-5-3-6-11-17)14-9-15-20(21)18-12-7-4-8-13-18/h3-15H,1H2,2H3. The first kappa shape index (κ1) is 15.8. The van der Waals surface area contributed by atoms with Gasteiger partial charge in [0.2, 0.25) is 0 Å². The summed E-state index contributed by atoms with van der Waals surface area (Å²) in [4.78, 5) is 12.2. The van der Waals surface area contributed by atoms with Crippen molar-refractivity contribution in [1.82, 2.24) is 0 Å². The number of hydrogen-bond acceptors (Lipinski definition) is 2. The zero-order valence-corrected chi connectivity index (χ0v) is 13.5. The monoisotopic (exact) mass is 314 g/mol. The van der Waals surface area contributed by atoms with Crippen LogP contribution in [0.4, 0.5) is 0 Å². The van der Waals surface area contributed by atoms with E-state index in [1.54, 1.807) is 6.92 Å². The summed E-state index contributed by atoms with van der Waals surface area (Å²) in [6.07, 6.45) is 0. The topological polar surface area (TPSA) is 26.3 Å². The molecule has 0 heterocycles. The van der Waals surface area contributed by atoms with E-state index in [4.69, 9.17) is 4.74 Å². The van der Waals surface area contributed by atoms with Crippen LogP contribution in [0, 0.1) is 0 Å². The second-order valence-electron chi connectivity index (χ2n) is 5.58. The van der Waals surface area contributed by atoms with Gasteiger partial charge >= 0.3 is 5.97 Å². The zero-order chi connectivity index (χ0) is 16.9. The third-order valence-electron chi connectivity index (χ3n) is 3.73. The Hall–Kier alpha value is -3.13. The van der Waals surface area contributed by atoms with Crippen LogP contribution in [-0.4, -0.2) is 5.97 Å². The molecular weight excluding hydrogens is 296 g/mol. The number of benzene rings is 3. The first-order valence-electron chi connectivity index (χ1n) is 7.78. The normalized spacial score (nSPS) is 10.2.